The van der Waals surface area contributed by atoms with Crippen LogP contribution in [0.3, 0.4) is 0 Å². The molecule has 2 N–H and O–H groups in total. The molecule has 1 aromatic carbocycles. The number of hydrogen-bond acceptors (Lipinski definition) is 3. The Hall–Kier alpha value is -0.830. The lowest BCUT2D eigenvalue weighted by Crippen LogP contribution is -2.43. The third-order valence-corrected chi connectivity index (χ3v) is 5.00. The van der Waals surface area contributed by atoms with Gasteiger partial charge in [-0.1, -0.05) is 0 Å². The van der Waals surface area contributed by atoms with Crippen LogP contribution in [0.5, 0.6) is 0 Å². The third-order valence-electron chi connectivity index (χ3n) is 3.09. The van der Waals surface area contributed by atoms with E-state index in [0.29, 0.717) is 18.9 Å². The predicted octanol–water partition coefficient (Wildman–Crippen LogP) is 1.64. The Bertz CT molecular complexity index is 590. The van der Waals surface area contributed by atoms with Gasteiger partial charge in [0.25, 0.3) is 0 Å². The van der Waals surface area contributed by atoms with Crippen molar-refractivity contribution in [3.8, 4) is 0 Å². The van der Waals surface area contributed by atoms with Crippen molar-refractivity contribution in [3.63, 3.8) is 0 Å². The second-order valence-corrected chi connectivity index (χ2v) is 6.34. The van der Waals surface area contributed by atoms with Gasteiger partial charge < -0.3 is 5.73 Å². The number of sulfonamides is 1. The zero-order chi connectivity index (χ0) is 14.2. The lowest BCUT2D eigenvalue weighted by molar-refractivity contribution is 0.318. The van der Waals surface area contributed by atoms with Crippen molar-refractivity contribution in [3.05, 3.63) is 29.6 Å². The minimum absolute atomic E-state index is 0. The fraction of sp³-hybridized carbons (Fsp3) is 0.455. The number of nitrogens with zero attached hydrogens (tertiary/aromatic N) is 1. The quantitative estimate of drug-likeness (QED) is 0.838. The van der Waals surface area contributed by atoms with Crippen LogP contribution in [0.2, 0.25) is 0 Å². The van der Waals surface area contributed by atoms with E-state index < -0.39 is 32.4 Å². The van der Waals surface area contributed by atoms with E-state index in [1.807, 2.05) is 0 Å². The zero-order valence-electron chi connectivity index (χ0n) is 10.4. The molecule has 0 amide bonds. The van der Waals surface area contributed by atoms with Gasteiger partial charge in [-0.15, -0.1) is 12.4 Å². The number of benzene rings is 1. The van der Waals surface area contributed by atoms with Gasteiger partial charge in [0.05, 0.1) is 0 Å². The van der Waals surface area contributed by atoms with E-state index in [0.717, 1.165) is 4.31 Å². The molecule has 0 aromatic heterocycles. The van der Waals surface area contributed by atoms with E-state index in [2.05, 4.69) is 0 Å². The molecule has 0 atom stereocenters. The summed E-state index contributed by atoms with van der Waals surface area (Å²) in [6.07, 6.45) is 0.898. The highest BCUT2D eigenvalue weighted by molar-refractivity contribution is 7.89. The summed E-state index contributed by atoms with van der Waals surface area (Å²) < 4.78 is 64.7. The van der Waals surface area contributed by atoms with Crippen molar-refractivity contribution < 1.29 is 21.6 Å². The number of hydrogen-bond donors (Lipinski definition) is 1. The predicted molar refractivity (Wildman–Crippen MR) is 69.5 cm³/mol. The van der Waals surface area contributed by atoms with E-state index in [9.17, 15) is 21.6 Å². The summed E-state index contributed by atoms with van der Waals surface area (Å²) in [6.45, 7) is 0.282. The molecule has 4 nitrogen and oxygen atoms in total. The van der Waals surface area contributed by atoms with E-state index in [1.54, 1.807) is 0 Å². The summed E-state index contributed by atoms with van der Waals surface area (Å²) in [5.41, 5.74) is 5.65. The van der Waals surface area contributed by atoms with Crippen molar-refractivity contribution in [2.75, 3.05) is 13.1 Å². The van der Waals surface area contributed by atoms with E-state index >= 15 is 0 Å². The molecule has 0 unspecified atom stereocenters. The topological polar surface area (TPSA) is 63.4 Å². The Morgan fingerprint density at radius 3 is 2.10 bits per heavy atom. The van der Waals surface area contributed by atoms with Gasteiger partial charge in [0, 0.05) is 25.2 Å². The van der Waals surface area contributed by atoms with E-state index in [1.165, 1.54) is 0 Å². The minimum Gasteiger partial charge on any atom is -0.328 e. The van der Waals surface area contributed by atoms with Crippen LogP contribution in [-0.2, 0) is 10.0 Å². The van der Waals surface area contributed by atoms with Crippen LogP contribution in [-0.4, -0.2) is 31.9 Å². The average Bonchev–Trinajstić information content (AvgIpc) is 2.34. The molecule has 20 heavy (non-hydrogen) atoms. The van der Waals surface area contributed by atoms with Crippen LogP contribution in [0.4, 0.5) is 13.2 Å². The highest BCUT2D eigenvalue weighted by Gasteiger charge is 2.31. The van der Waals surface area contributed by atoms with Gasteiger partial charge in [-0.2, -0.15) is 4.31 Å². The van der Waals surface area contributed by atoms with Crippen molar-refractivity contribution in [1.29, 1.82) is 0 Å². The van der Waals surface area contributed by atoms with Gasteiger partial charge in [0.2, 0.25) is 10.0 Å². The molecule has 1 saturated heterocycles. The summed E-state index contributed by atoms with van der Waals surface area (Å²) in [6, 6.07) is 0.508. The summed E-state index contributed by atoms with van der Waals surface area (Å²) in [4.78, 5) is -0.845. The maximum atomic E-state index is 13.5. The van der Waals surface area contributed by atoms with E-state index in [-0.39, 0.29) is 37.6 Å². The van der Waals surface area contributed by atoms with Gasteiger partial charge >= 0.3 is 0 Å². The molecule has 0 aliphatic carbocycles. The van der Waals surface area contributed by atoms with Crippen LogP contribution >= 0.6 is 12.4 Å². The monoisotopic (exact) mass is 330 g/mol. The van der Waals surface area contributed by atoms with Crippen molar-refractivity contribution in [2.45, 2.75) is 23.8 Å². The Labute approximate surface area is 121 Å². The molecular formula is C11H14ClF3N2O2S. The van der Waals surface area contributed by atoms with Gasteiger partial charge in [0.1, 0.15) is 10.7 Å². The minimum atomic E-state index is -4.16. The molecular weight excluding hydrogens is 317 g/mol. The van der Waals surface area contributed by atoms with Crippen LogP contribution in [0.15, 0.2) is 17.0 Å². The maximum Gasteiger partial charge on any atom is 0.246 e. The van der Waals surface area contributed by atoms with Crippen LogP contribution in [0.1, 0.15) is 12.8 Å². The highest BCUT2D eigenvalue weighted by atomic mass is 35.5. The summed E-state index contributed by atoms with van der Waals surface area (Å²) in [5, 5.41) is 0. The molecule has 0 saturated carbocycles. The molecule has 1 aliphatic heterocycles. The Balaban J connectivity index is 0.00000200. The fourth-order valence-corrected chi connectivity index (χ4v) is 3.48. The summed E-state index contributed by atoms with van der Waals surface area (Å²) in [7, 11) is -4.16. The highest BCUT2D eigenvalue weighted by Crippen LogP contribution is 2.24. The first-order chi connectivity index (χ1) is 8.82. The van der Waals surface area contributed by atoms with Crippen molar-refractivity contribution >= 4 is 22.4 Å². The van der Waals surface area contributed by atoms with Crippen molar-refractivity contribution in [1.82, 2.24) is 4.31 Å². The second-order valence-electron chi connectivity index (χ2n) is 4.44. The lowest BCUT2D eigenvalue weighted by atomic mass is 10.1. The molecule has 9 heteroatoms. The standard InChI is InChI=1S/C11H13F3N2O2S.ClH/c12-8-5-10(14)11(6-9(8)13)19(17,18)16-3-1-7(15)2-4-16;/h5-7H,1-4,15H2;1H. The molecule has 0 bridgehead atoms. The smallest absolute Gasteiger partial charge is 0.246 e. The van der Waals surface area contributed by atoms with Crippen LogP contribution in [0, 0.1) is 17.5 Å². The van der Waals surface area contributed by atoms with Crippen LogP contribution < -0.4 is 5.73 Å². The molecule has 1 fully saturated rings. The number of piperidine rings is 1. The molecule has 1 heterocycles. The summed E-state index contributed by atoms with van der Waals surface area (Å²) >= 11 is 0. The number of halogens is 4. The largest absolute Gasteiger partial charge is 0.328 e. The van der Waals surface area contributed by atoms with Crippen molar-refractivity contribution in [2.24, 2.45) is 5.73 Å². The van der Waals surface area contributed by atoms with Gasteiger partial charge in [0.15, 0.2) is 11.6 Å². The molecule has 0 spiro atoms. The first kappa shape index (κ1) is 17.2. The molecule has 1 aromatic rings. The lowest BCUT2D eigenvalue weighted by Gasteiger charge is -2.29. The van der Waals surface area contributed by atoms with Gasteiger partial charge in [-0.3, -0.25) is 0 Å². The first-order valence-corrected chi connectivity index (χ1v) is 7.16. The number of nitrogens with two attached hydrogens (primary N) is 1. The Kier molecular flexibility index (Phi) is 5.42. The van der Waals surface area contributed by atoms with Gasteiger partial charge in [-0.25, -0.2) is 21.6 Å². The first-order valence-electron chi connectivity index (χ1n) is 5.72. The SMILES string of the molecule is Cl.NC1CCN(S(=O)(=O)c2cc(F)c(F)cc2F)CC1. The zero-order valence-corrected chi connectivity index (χ0v) is 12.0. The Morgan fingerprint density at radius 2 is 1.55 bits per heavy atom. The molecule has 0 radical (unpaired) electrons. The Morgan fingerprint density at radius 1 is 1.05 bits per heavy atom. The summed E-state index contributed by atoms with van der Waals surface area (Å²) in [5.74, 6) is -4.11. The second kappa shape index (κ2) is 6.30. The molecule has 2 rings (SSSR count). The number of rotatable bonds is 2. The average molecular weight is 331 g/mol. The molecule has 114 valence electrons. The van der Waals surface area contributed by atoms with Crippen LogP contribution in [0.25, 0.3) is 0 Å². The fourth-order valence-electron chi connectivity index (χ4n) is 1.96. The van der Waals surface area contributed by atoms with E-state index in [4.69, 9.17) is 5.73 Å². The normalized spacial score (nSPS) is 17.8. The molecule has 1 aliphatic rings. The maximum absolute atomic E-state index is 13.5. The third kappa shape index (κ3) is 3.25. The van der Waals surface area contributed by atoms with Gasteiger partial charge in [-0.05, 0) is 18.9 Å².